The molecular weight excluding hydrogens is 327 g/mol. The van der Waals surface area contributed by atoms with E-state index in [0.29, 0.717) is 22.3 Å². The van der Waals surface area contributed by atoms with Gasteiger partial charge in [-0.15, -0.1) is 5.10 Å². The van der Waals surface area contributed by atoms with Gasteiger partial charge in [-0.25, -0.2) is 0 Å². The number of aromatic nitrogens is 3. The van der Waals surface area contributed by atoms with Crippen molar-refractivity contribution in [2.75, 3.05) is 5.32 Å². The second kappa shape index (κ2) is 5.25. The molecule has 0 spiro atoms. The fourth-order valence-electron chi connectivity index (χ4n) is 1.37. The Bertz CT molecular complexity index is 518. The molecule has 0 aliphatic heterocycles. The maximum atomic E-state index is 6.09. The quantitative estimate of drug-likeness (QED) is 0.933. The van der Waals surface area contributed by atoms with Gasteiger partial charge < -0.3 is 5.32 Å². The lowest BCUT2D eigenvalue weighted by molar-refractivity contribution is 0.713. The molecule has 90 valence electrons. The first-order valence-electron chi connectivity index (χ1n) is 4.80. The van der Waals surface area contributed by atoms with Gasteiger partial charge in [-0.3, -0.25) is 4.68 Å². The number of anilines is 1. The van der Waals surface area contributed by atoms with Crippen LogP contribution in [0.5, 0.6) is 0 Å². The van der Waals surface area contributed by atoms with E-state index in [0.717, 1.165) is 10.2 Å². The SMILES string of the molecule is Cn1cc(CNc2c(Cl)cc(Br)cc2Cl)nn1. The average molecular weight is 336 g/mol. The topological polar surface area (TPSA) is 42.7 Å². The minimum atomic E-state index is 0.523. The number of benzene rings is 1. The number of halogens is 3. The minimum Gasteiger partial charge on any atom is -0.377 e. The van der Waals surface area contributed by atoms with Gasteiger partial charge in [0, 0.05) is 17.7 Å². The van der Waals surface area contributed by atoms with Crippen molar-refractivity contribution >= 4 is 44.8 Å². The number of nitrogens with one attached hydrogen (secondary N) is 1. The van der Waals surface area contributed by atoms with Crippen molar-refractivity contribution in [1.29, 1.82) is 0 Å². The summed E-state index contributed by atoms with van der Waals surface area (Å²) < 4.78 is 2.49. The summed E-state index contributed by atoms with van der Waals surface area (Å²) in [4.78, 5) is 0. The van der Waals surface area contributed by atoms with Crippen LogP contribution in [0.25, 0.3) is 0 Å². The van der Waals surface area contributed by atoms with Crippen LogP contribution in [0.3, 0.4) is 0 Å². The van der Waals surface area contributed by atoms with E-state index in [4.69, 9.17) is 23.2 Å². The van der Waals surface area contributed by atoms with Crippen molar-refractivity contribution in [3.05, 3.63) is 38.5 Å². The summed E-state index contributed by atoms with van der Waals surface area (Å²) in [5, 5.41) is 12.1. The van der Waals surface area contributed by atoms with Gasteiger partial charge in [0.2, 0.25) is 0 Å². The van der Waals surface area contributed by atoms with E-state index in [9.17, 15) is 0 Å². The maximum Gasteiger partial charge on any atom is 0.102 e. The molecule has 0 aliphatic carbocycles. The highest BCUT2D eigenvalue weighted by molar-refractivity contribution is 9.10. The Morgan fingerprint density at radius 2 is 2.00 bits per heavy atom. The number of nitrogens with zero attached hydrogens (tertiary/aromatic N) is 3. The van der Waals surface area contributed by atoms with Gasteiger partial charge in [0.05, 0.1) is 22.3 Å². The zero-order valence-electron chi connectivity index (χ0n) is 8.91. The summed E-state index contributed by atoms with van der Waals surface area (Å²) in [7, 11) is 1.82. The first kappa shape index (κ1) is 12.7. The van der Waals surface area contributed by atoms with E-state index in [-0.39, 0.29) is 0 Å². The van der Waals surface area contributed by atoms with Crippen molar-refractivity contribution in [1.82, 2.24) is 15.0 Å². The Labute approximate surface area is 117 Å². The Morgan fingerprint density at radius 3 is 2.53 bits per heavy atom. The Hall–Kier alpha value is -0.780. The molecule has 7 heteroatoms. The summed E-state index contributed by atoms with van der Waals surface area (Å²) in [5.41, 5.74) is 1.52. The predicted molar refractivity (Wildman–Crippen MR) is 72.5 cm³/mol. The van der Waals surface area contributed by atoms with Crippen LogP contribution in [-0.4, -0.2) is 15.0 Å². The zero-order valence-corrected chi connectivity index (χ0v) is 12.0. The van der Waals surface area contributed by atoms with Crippen LogP contribution in [0.4, 0.5) is 5.69 Å². The lowest BCUT2D eigenvalue weighted by atomic mass is 10.3. The Kier molecular flexibility index (Phi) is 3.91. The maximum absolute atomic E-state index is 6.09. The molecule has 0 amide bonds. The summed E-state index contributed by atoms with van der Waals surface area (Å²) in [6.45, 7) is 0.523. The van der Waals surface area contributed by atoms with Gasteiger partial charge in [-0.2, -0.15) is 0 Å². The van der Waals surface area contributed by atoms with Crippen LogP contribution in [0, 0.1) is 0 Å². The molecule has 0 bridgehead atoms. The molecule has 0 fully saturated rings. The molecule has 1 heterocycles. The van der Waals surface area contributed by atoms with Crippen molar-refractivity contribution in [3.8, 4) is 0 Å². The zero-order chi connectivity index (χ0) is 12.4. The van der Waals surface area contributed by atoms with Crippen LogP contribution in [0.15, 0.2) is 22.8 Å². The van der Waals surface area contributed by atoms with Crippen LogP contribution in [-0.2, 0) is 13.6 Å². The number of hydrogen-bond donors (Lipinski definition) is 1. The van der Waals surface area contributed by atoms with E-state index in [1.54, 1.807) is 16.8 Å². The third kappa shape index (κ3) is 3.12. The van der Waals surface area contributed by atoms with Crippen LogP contribution < -0.4 is 5.32 Å². The first-order chi connectivity index (χ1) is 8.06. The van der Waals surface area contributed by atoms with Crippen LogP contribution in [0.2, 0.25) is 10.0 Å². The molecule has 0 unspecified atom stereocenters. The molecule has 1 N–H and O–H groups in total. The molecule has 0 saturated carbocycles. The van der Waals surface area contributed by atoms with E-state index in [1.807, 2.05) is 13.2 Å². The summed E-state index contributed by atoms with van der Waals surface area (Å²) in [6.07, 6.45) is 1.83. The monoisotopic (exact) mass is 334 g/mol. The predicted octanol–water partition coefficient (Wildman–Crippen LogP) is 3.50. The molecule has 17 heavy (non-hydrogen) atoms. The molecule has 0 aliphatic rings. The number of hydrogen-bond acceptors (Lipinski definition) is 3. The Balaban J connectivity index is 2.14. The van der Waals surface area contributed by atoms with Crippen LogP contribution in [0.1, 0.15) is 5.69 Å². The smallest absolute Gasteiger partial charge is 0.102 e. The molecular formula is C10H9BrCl2N4. The highest BCUT2D eigenvalue weighted by atomic mass is 79.9. The minimum absolute atomic E-state index is 0.523. The second-order valence-electron chi connectivity index (χ2n) is 3.48. The molecule has 1 aromatic heterocycles. The molecule has 0 atom stereocenters. The highest BCUT2D eigenvalue weighted by Gasteiger charge is 2.08. The van der Waals surface area contributed by atoms with Gasteiger partial charge in [0.15, 0.2) is 0 Å². The van der Waals surface area contributed by atoms with Gasteiger partial charge >= 0.3 is 0 Å². The average Bonchev–Trinajstić information content (AvgIpc) is 2.62. The van der Waals surface area contributed by atoms with Crippen molar-refractivity contribution < 1.29 is 0 Å². The lowest BCUT2D eigenvalue weighted by Crippen LogP contribution is -2.01. The molecule has 1 aromatic carbocycles. The molecule has 0 radical (unpaired) electrons. The van der Waals surface area contributed by atoms with Crippen molar-refractivity contribution in [2.24, 2.45) is 7.05 Å². The van der Waals surface area contributed by atoms with E-state index >= 15 is 0 Å². The number of rotatable bonds is 3. The van der Waals surface area contributed by atoms with Gasteiger partial charge in [0.25, 0.3) is 0 Å². The second-order valence-corrected chi connectivity index (χ2v) is 5.21. The van der Waals surface area contributed by atoms with E-state index < -0.39 is 0 Å². The largest absolute Gasteiger partial charge is 0.377 e. The standard InChI is InChI=1S/C10H9BrCl2N4/c1-17-5-7(15-16-17)4-14-10-8(12)2-6(11)3-9(10)13/h2-3,5,14H,4H2,1H3. The lowest BCUT2D eigenvalue weighted by Gasteiger charge is -2.09. The Morgan fingerprint density at radius 1 is 1.35 bits per heavy atom. The van der Waals surface area contributed by atoms with Gasteiger partial charge in [-0.05, 0) is 12.1 Å². The molecule has 0 saturated heterocycles. The summed E-state index contributed by atoms with van der Waals surface area (Å²) in [5.74, 6) is 0. The van der Waals surface area contributed by atoms with Gasteiger partial charge in [-0.1, -0.05) is 44.3 Å². The van der Waals surface area contributed by atoms with Gasteiger partial charge in [0.1, 0.15) is 5.69 Å². The van der Waals surface area contributed by atoms with Crippen molar-refractivity contribution in [3.63, 3.8) is 0 Å². The third-order valence-corrected chi connectivity index (χ3v) is 3.16. The fourth-order valence-corrected chi connectivity index (χ4v) is 2.71. The van der Waals surface area contributed by atoms with Crippen LogP contribution >= 0.6 is 39.1 Å². The van der Waals surface area contributed by atoms with E-state index in [1.165, 1.54) is 0 Å². The fraction of sp³-hybridized carbons (Fsp3) is 0.200. The first-order valence-corrected chi connectivity index (χ1v) is 6.35. The summed E-state index contributed by atoms with van der Waals surface area (Å²) >= 11 is 15.5. The molecule has 2 aromatic rings. The summed E-state index contributed by atoms with van der Waals surface area (Å²) in [6, 6.07) is 3.57. The van der Waals surface area contributed by atoms with E-state index in [2.05, 4.69) is 31.6 Å². The van der Waals surface area contributed by atoms with Crippen molar-refractivity contribution in [2.45, 2.75) is 6.54 Å². The molecule has 4 nitrogen and oxygen atoms in total. The number of aryl methyl sites for hydroxylation is 1. The highest BCUT2D eigenvalue weighted by Crippen LogP contribution is 2.33. The molecule has 2 rings (SSSR count). The third-order valence-electron chi connectivity index (χ3n) is 2.10. The normalized spacial score (nSPS) is 10.6.